The molecule has 11 nitrogen and oxygen atoms in total. The van der Waals surface area contributed by atoms with Crippen LogP contribution in [-0.4, -0.2) is 56.9 Å². The third-order valence-electron chi connectivity index (χ3n) is 3.17. The number of carbonyl (C=O) groups is 2. The maximum Gasteiger partial charge on any atom is 0.407 e. The van der Waals surface area contributed by atoms with E-state index >= 15 is 0 Å². The molecule has 3 N–H and O–H groups in total. The number of aromatic amines is 1. The highest BCUT2D eigenvalue weighted by Gasteiger charge is 2.16. The van der Waals surface area contributed by atoms with Crippen molar-refractivity contribution in [1.29, 1.82) is 0 Å². The molecule has 0 saturated heterocycles. The molecule has 0 aliphatic rings. The molecule has 0 aromatic carbocycles. The molecule has 0 radical (unpaired) electrons. The number of imidazole rings is 1. The van der Waals surface area contributed by atoms with Gasteiger partial charge >= 0.3 is 12.1 Å². The van der Waals surface area contributed by atoms with Gasteiger partial charge in [-0.2, -0.15) is 4.98 Å². The molecule has 2 aromatic rings. The third kappa shape index (κ3) is 5.97. The van der Waals surface area contributed by atoms with E-state index in [2.05, 4.69) is 25.6 Å². The van der Waals surface area contributed by atoms with Crippen LogP contribution < -0.4 is 16.2 Å². The second kappa shape index (κ2) is 8.52. The first-order valence-corrected chi connectivity index (χ1v) is 8.51. The van der Waals surface area contributed by atoms with Crippen molar-refractivity contribution in [3.05, 3.63) is 16.7 Å². The first kappa shape index (κ1) is 20.2. The highest BCUT2D eigenvalue weighted by Crippen LogP contribution is 2.08. The quantitative estimate of drug-likeness (QED) is 0.469. The largest absolute Gasteiger partial charge is 0.465 e. The molecule has 0 atom stereocenters. The molecule has 27 heavy (non-hydrogen) atoms. The molecule has 148 valence electrons. The van der Waals surface area contributed by atoms with Crippen molar-refractivity contribution in [1.82, 2.24) is 24.8 Å². The zero-order chi connectivity index (χ0) is 20.0. The van der Waals surface area contributed by atoms with E-state index in [4.69, 9.17) is 9.47 Å². The maximum absolute atomic E-state index is 12.1. The van der Waals surface area contributed by atoms with Gasteiger partial charge in [0, 0.05) is 13.1 Å². The number of rotatable bonds is 7. The summed E-state index contributed by atoms with van der Waals surface area (Å²) in [5, 5.41) is 5.48. The lowest BCUT2D eigenvalue weighted by atomic mass is 10.2. The Morgan fingerprint density at radius 1 is 1.30 bits per heavy atom. The number of hydrogen-bond donors (Lipinski definition) is 3. The number of alkyl carbamates (subject to hydrolysis) is 1. The molecule has 1 amide bonds. The molecule has 2 rings (SSSR count). The third-order valence-corrected chi connectivity index (χ3v) is 3.17. The second-order valence-electron chi connectivity index (χ2n) is 6.62. The van der Waals surface area contributed by atoms with Crippen LogP contribution in [0, 0.1) is 0 Å². The fourth-order valence-electron chi connectivity index (χ4n) is 2.16. The monoisotopic (exact) mass is 380 g/mol. The van der Waals surface area contributed by atoms with Crippen LogP contribution in [0.4, 0.5) is 10.7 Å². The summed E-state index contributed by atoms with van der Waals surface area (Å²) in [5.74, 6) is -0.251. The van der Waals surface area contributed by atoms with Crippen molar-refractivity contribution in [3.63, 3.8) is 0 Å². The predicted octanol–water partition coefficient (Wildman–Crippen LogP) is 0.619. The average Bonchev–Trinajstić information content (AvgIpc) is 2.93. The smallest absolute Gasteiger partial charge is 0.407 e. The lowest BCUT2D eigenvalue weighted by Crippen LogP contribution is -2.35. The van der Waals surface area contributed by atoms with E-state index in [0.717, 1.165) is 0 Å². The van der Waals surface area contributed by atoms with Crippen LogP contribution in [0.15, 0.2) is 11.1 Å². The Bertz CT molecular complexity index is 866. The van der Waals surface area contributed by atoms with Crippen LogP contribution >= 0.6 is 0 Å². The number of H-pyrrole nitrogens is 1. The molecule has 2 aromatic heterocycles. The summed E-state index contributed by atoms with van der Waals surface area (Å²) in [6.07, 6.45) is 0.825. The number of hydrogen-bond acceptors (Lipinski definition) is 8. The van der Waals surface area contributed by atoms with Gasteiger partial charge in [0.2, 0.25) is 5.95 Å². The van der Waals surface area contributed by atoms with E-state index in [-0.39, 0.29) is 36.8 Å². The summed E-state index contributed by atoms with van der Waals surface area (Å²) in [6.45, 7) is 7.76. The van der Waals surface area contributed by atoms with Crippen LogP contribution in [0.1, 0.15) is 27.7 Å². The van der Waals surface area contributed by atoms with Crippen LogP contribution in [0.2, 0.25) is 0 Å². The van der Waals surface area contributed by atoms with Gasteiger partial charge in [-0.1, -0.05) is 0 Å². The van der Waals surface area contributed by atoms with Crippen molar-refractivity contribution < 1.29 is 19.1 Å². The van der Waals surface area contributed by atoms with Crippen molar-refractivity contribution >= 4 is 29.2 Å². The Morgan fingerprint density at radius 3 is 2.70 bits per heavy atom. The van der Waals surface area contributed by atoms with Gasteiger partial charge in [0.25, 0.3) is 5.56 Å². The normalized spacial score (nSPS) is 11.3. The minimum Gasteiger partial charge on any atom is -0.465 e. The molecule has 0 saturated carbocycles. The standard InChI is InChI=1S/C16H24N6O5/c1-5-26-10(23)8-22-9-19-11-12(22)20-14(21-13(11)24)17-6-7-18-15(25)27-16(2,3)4/h9H,5-8H2,1-4H3,(H,18,25)(H2,17,20,21,24). The number of amides is 1. The molecular formula is C16H24N6O5. The summed E-state index contributed by atoms with van der Waals surface area (Å²) in [7, 11) is 0. The number of nitrogens with zero attached hydrogens (tertiary/aromatic N) is 3. The molecule has 0 bridgehead atoms. The van der Waals surface area contributed by atoms with Crippen LogP contribution in [0.5, 0.6) is 0 Å². The SMILES string of the molecule is CCOC(=O)Cn1cnc2c(=O)[nH]c(NCCNC(=O)OC(C)(C)C)nc21. The Kier molecular flexibility index (Phi) is 6.37. The second-order valence-corrected chi connectivity index (χ2v) is 6.62. The topological polar surface area (TPSA) is 140 Å². The fraction of sp³-hybridized carbons (Fsp3) is 0.562. The van der Waals surface area contributed by atoms with E-state index < -0.39 is 23.2 Å². The lowest BCUT2D eigenvalue weighted by Gasteiger charge is -2.19. The Hall–Kier alpha value is -3.11. The zero-order valence-electron chi connectivity index (χ0n) is 15.8. The number of fused-ring (bicyclic) bond motifs is 1. The number of esters is 1. The minimum absolute atomic E-state index is 0.0968. The predicted molar refractivity (Wildman–Crippen MR) is 97.5 cm³/mol. The van der Waals surface area contributed by atoms with Crippen molar-refractivity contribution in [3.8, 4) is 0 Å². The minimum atomic E-state index is -0.577. The first-order chi connectivity index (χ1) is 12.7. The maximum atomic E-state index is 12.1. The van der Waals surface area contributed by atoms with Gasteiger partial charge in [0.05, 0.1) is 12.9 Å². The van der Waals surface area contributed by atoms with E-state index in [1.54, 1.807) is 27.7 Å². The summed E-state index contributed by atoms with van der Waals surface area (Å²) in [5.41, 5.74) is -0.636. The average molecular weight is 380 g/mol. The van der Waals surface area contributed by atoms with E-state index in [0.29, 0.717) is 6.54 Å². The molecule has 11 heteroatoms. The lowest BCUT2D eigenvalue weighted by molar-refractivity contribution is -0.143. The number of ether oxygens (including phenoxy) is 2. The highest BCUT2D eigenvalue weighted by molar-refractivity contribution is 5.75. The molecule has 0 aliphatic carbocycles. The Balaban J connectivity index is 1.99. The van der Waals surface area contributed by atoms with Crippen molar-refractivity contribution in [2.75, 3.05) is 25.0 Å². The number of nitrogens with one attached hydrogen (secondary N) is 3. The van der Waals surface area contributed by atoms with Crippen molar-refractivity contribution in [2.45, 2.75) is 39.8 Å². The molecule has 0 spiro atoms. The van der Waals surface area contributed by atoms with Gasteiger partial charge in [0.15, 0.2) is 11.2 Å². The molecule has 0 fully saturated rings. The van der Waals surface area contributed by atoms with Crippen LogP contribution in [-0.2, 0) is 20.8 Å². The summed E-state index contributed by atoms with van der Waals surface area (Å²) < 4.78 is 11.5. The zero-order valence-corrected chi connectivity index (χ0v) is 15.8. The van der Waals surface area contributed by atoms with Gasteiger partial charge in [-0.15, -0.1) is 0 Å². The summed E-state index contributed by atoms with van der Waals surface area (Å²) in [6, 6.07) is 0. The van der Waals surface area contributed by atoms with Gasteiger partial charge in [-0.05, 0) is 27.7 Å². The van der Waals surface area contributed by atoms with E-state index in [1.165, 1.54) is 10.9 Å². The number of carbonyl (C=O) groups excluding carboxylic acids is 2. The van der Waals surface area contributed by atoms with Crippen LogP contribution in [0.3, 0.4) is 0 Å². The van der Waals surface area contributed by atoms with Gasteiger partial charge in [-0.25, -0.2) is 9.78 Å². The molecule has 2 heterocycles. The molecule has 0 unspecified atom stereocenters. The Labute approximate surface area is 155 Å². The van der Waals surface area contributed by atoms with Gasteiger partial charge in [0.1, 0.15) is 12.1 Å². The number of aromatic nitrogens is 4. The van der Waals surface area contributed by atoms with E-state index in [9.17, 15) is 14.4 Å². The molecule has 0 aliphatic heterocycles. The van der Waals surface area contributed by atoms with E-state index in [1.807, 2.05) is 0 Å². The first-order valence-electron chi connectivity index (χ1n) is 8.51. The van der Waals surface area contributed by atoms with Gasteiger partial charge in [-0.3, -0.25) is 14.6 Å². The summed E-state index contributed by atoms with van der Waals surface area (Å²) >= 11 is 0. The van der Waals surface area contributed by atoms with Crippen LogP contribution in [0.25, 0.3) is 11.2 Å². The fourth-order valence-corrected chi connectivity index (χ4v) is 2.16. The highest BCUT2D eigenvalue weighted by atomic mass is 16.6. The molecular weight excluding hydrogens is 356 g/mol. The Morgan fingerprint density at radius 2 is 2.04 bits per heavy atom. The van der Waals surface area contributed by atoms with Crippen molar-refractivity contribution in [2.24, 2.45) is 0 Å². The summed E-state index contributed by atoms with van der Waals surface area (Å²) in [4.78, 5) is 46.1. The van der Waals surface area contributed by atoms with Gasteiger partial charge < -0.3 is 24.7 Å². The number of anilines is 1.